The summed E-state index contributed by atoms with van der Waals surface area (Å²) in [4.78, 5) is 19.3. The number of aromatic amines is 1. The topological polar surface area (TPSA) is 61.9 Å². The summed E-state index contributed by atoms with van der Waals surface area (Å²) in [7, 11) is 0. The van der Waals surface area contributed by atoms with E-state index in [1.54, 1.807) is 17.2 Å². The standard InChI is InChI=1S/C21H20BrFN4O/c1-11(2)8-17-18-19(26-25-17)21(28)27(14-6-4-12(3)24-10-14)20(18)15-7-5-13(23)9-16(15)22/h4-7,9-11,20H,8H2,1-3H3,(H,25,26). The smallest absolute Gasteiger partial charge is 0.277 e. The molecule has 0 bridgehead atoms. The summed E-state index contributed by atoms with van der Waals surface area (Å²) >= 11 is 3.48. The zero-order chi connectivity index (χ0) is 20.0. The summed E-state index contributed by atoms with van der Waals surface area (Å²) in [6, 6.07) is 7.90. The number of nitrogens with one attached hydrogen (secondary N) is 1. The summed E-state index contributed by atoms with van der Waals surface area (Å²) in [5.74, 6) is -0.113. The SMILES string of the molecule is Cc1ccc(N2C(=O)c3[nH]nc(CC(C)C)c3C2c2ccc(F)cc2Br)cn1. The van der Waals surface area contributed by atoms with Gasteiger partial charge in [-0.05, 0) is 49.1 Å². The van der Waals surface area contributed by atoms with Gasteiger partial charge >= 0.3 is 0 Å². The second-order valence-electron chi connectivity index (χ2n) is 7.46. The lowest BCUT2D eigenvalue weighted by atomic mass is 9.95. The van der Waals surface area contributed by atoms with Gasteiger partial charge in [0.15, 0.2) is 0 Å². The molecule has 0 aliphatic carbocycles. The van der Waals surface area contributed by atoms with E-state index < -0.39 is 6.04 Å². The number of H-pyrrole nitrogens is 1. The Kier molecular flexibility index (Phi) is 4.79. The number of aryl methyl sites for hydroxylation is 1. The van der Waals surface area contributed by atoms with E-state index in [4.69, 9.17) is 0 Å². The van der Waals surface area contributed by atoms with Crippen LogP contribution in [0, 0.1) is 18.7 Å². The molecule has 1 N–H and O–H groups in total. The van der Waals surface area contributed by atoms with Crippen molar-refractivity contribution in [3.63, 3.8) is 0 Å². The molecule has 3 heterocycles. The number of carbonyl (C=O) groups excluding carboxylic acids is 1. The maximum atomic E-state index is 13.7. The molecule has 5 nitrogen and oxygen atoms in total. The second-order valence-corrected chi connectivity index (χ2v) is 8.31. The average molecular weight is 443 g/mol. The van der Waals surface area contributed by atoms with E-state index in [9.17, 15) is 9.18 Å². The Morgan fingerprint density at radius 1 is 1.29 bits per heavy atom. The first-order chi connectivity index (χ1) is 13.4. The van der Waals surface area contributed by atoms with Crippen molar-refractivity contribution in [2.75, 3.05) is 4.90 Å². The number of hydrogen-bond donors (Lipinski definition) is 1. The van der Waals surface area contributed by atoms with Crippen molar-refractivity contribution in [3.8, 4) is 0 Å². The number of fused-ring (bicyclic) bond motifs is 1. The van der Waals surface area contributed by atoms with Gasteiger partial charge in [0.2, 0.25) is 0 Å². The molecule has 0 radical (unpaired) electrons. The fraction of sp³-hybridized carbons (Fsp3) is 0.286. The molecule has 1 amide bonds. The number of aromatic nitrogens is 3. The van der Waals surface area contributed by atoms with E-state index >= 15 is 0 Å². The molecule has 0 fully saturated rings. The summed E-state index contributed by atoms with van der Waals surface area (Å²) in [6.45, 7) is 6.13. The summed E-state index contributed by atoms with van der Waals surface area (Å²) in [5.41, 5.74) is 4.57. The lowest BCUT2D eigenvalue weighted by Gasteiger charge is -2.27. The third kappa shape index (κ3) is 3.13. The van der Waals surface area contributed by atoms with Crippen LogP contribution in [0.1, 0.15) is 52.9 Å². The third-order valence-electron chi connectivity index (χ3n) is 4.88. The lowest BCUT2D eigenvalue weighted by Crippen LogP contribution is -2.30. The van der Waals surface area contributed by atoms with Gasteiger partial charge in [-0.25, -0.2) is 4.39 Å². The predicted molar refractivity (Wildman–Crippen MR) is 109 cm³/mol. The Hall–Kier alpha value is -2.54. The minimum absolute atomic E-state index is 0.163. The van der Waals surface area contributed by atoms with Gasteiger partial charge in [-0.2, -0.15) is 5.10 Å². The van der Waals surface area contributed by atoms with Crippen LogP contribution in [0.3, 0.4) is 0 Å². The molecule has 3 aromatic rings. The van der Waals surface area contributed by atoms with Gasteiger partial charge in [0.1, 0.15) is 11.5 Å². The molecule has 144 valence electrons. The maximum absolute atomic E-state index is 13.7. The Morgan fingerprint density at radius 2 is 2.07 bits per heavy atom. The van der Waals surface area contributed by atoms with Gasteiger partial charge in [0.25, 0.3) is 5.91 Å². The van der Waals surface area contributed by atoms with Crippen LogP contribution < -0.4 is 4.90 Å². The zero-order valence-corrected chi connectivity index (χ0v) is 17.4. The number of anilines is 1. The van der Waals surface area contributed by atoms with Gasteiger partial charge < -0.3 is 0 Å². The van der Waals surface area contributed by atoms with E-state index in [0.717, 1.165) is 28.9 Å². The van der Waals surface area contributed by atoms with Crippen LogP contribution in [-0.4, -0.2) is 21.1 Å². The van der Waals surface area contributed by atoms with Crippen LogP contribution in [-0.2, 0) is 6.42 Å². The average Bonchev–Trinajstić information content (AvgIpc) is 3.15. The van der Waals surface area contributed by atoms with Gasteiger partial charge in [-0.15, -0.1) is 0 Å². The molecule has 0 saturated carbocycles. The van der Waals surface area contributed by atoms with Gasteiger partial charge in [-0.1, -0.05) is 35.8 Å². The van der Waals surface area contributed by atoms with Crippen molar-refractivity contribution < 1.29 is 9.18 Å². The van der Waals surface area contributed by atoms with E-state index in [-0.39, 0.29) is 11.7 Å². The van der Waals surface area contributed by atoms with Crippen LogP contribution in [0.25, 0.3) is 0 Å². The van der Waals surface area contributed by atoms with Gasteiger partial charge in [-0.3, -0.25) is 19.8 Å². The first kappa shape index (κ1) is 18.8. The molecule has 4 rings (SSSR count). The fourth-order valence-corrected chi connectivity index (χ4v) is 4.21. The Bertz CT molecular complexity index is 1050. The van der Waals surface area contributed by atoms with Crippen molar-refractivity contribution >= 4 is 27.5 Å². The number of pyridine rings is 1. The number of hydrogen-bond acceptors (Lipinski definition) is 3. The molecule has 1 aliphatic rings. The number of carbonyl (C=O) groups is 1. The van der Waals surface area contributed by atoms with Crippen molar-refractivity contribution in [2.24, 2.45) is 5.92 Å². The molecule has 1 aromatic carbocycles. The molecule has 1 atom stereocenters. The van der Waals surface area contributed by atoms with Crippen molar-refractivity contribution in [3.05, 3.63) is 75.0 Å². The minimum Gasteiger partial charge on any atom is -0.294 e. The van der Waals surface area contributed by atoms with E-state index in [0.29, 0.717) is 21.8 Å². The summed E-state index contributed by atoms with van der Waals surface area (Å²) in [5, 5.41) is 7.35. The predicted octanol–water partition coefficient (Wildman–Crippen LogP) is 4.96. The van der Waals surface area contributed by atoms with Crippen molar-refractivity contribution in [1.82, 2.24) is 15.2 Å². The number of halogens is 2. The van der Waals surface area contributed by atoms with E-state index in [1.807, 2.05) is 19.1 Å². The number of rotatable bonds is 4. The highest BCUT2D eigenvalue weighted by molar-refractivity contribution is 9.10. The molecule has 2 aromatic heterocycles. The highest BCUT2D eigenvalue weighted by Crippen LogP contribution is 2.44. The van der Waals surface area contributed by atoms with Crippen LogP contribution in [0.5, 0.6) is 0 Å². The molecule has 0 spiro atoms. The Morgan fingerprint density at radius 3 is 2.71 bits per heavy atom. The fourth-order valence-electron chi connectivity index (χ4n) is 3.64. The van der Waals surface area contributed by atoms with Crippen LogP contribution in [0.4, 0.5) is 10.1 Å². The van der Waals surface area contributed by atoms with Gasteiger partial charge in [0.05, 0.1) is 23.6 Å². The highest BCUT2D eigenvalue weighted by Gasteiger charge is 2.43. The number of amides is 1. The Labute approximate surface area is 171 Å². The van der Waals surface area contributed by atoms with E-state index in [2.05, 4.69) is 45.0 Å². The monoisotopic (exact) mass is 442 g/mol. The first-order valence-electron chi connectivity index (χ1n) is 9.15. The maximum Gasteiger partial charge on any atom is 0.277 e. The number of nitrogens with zero attached hydrogens (tertiary/aromatic N) is 3. The first-order valence-corrected chi connectivity index (χ1v) is 9.94. The Balaban J connectivity index is 1.92. The molecule has 28 heavy (non-hydrogen) atoms. The van der Waals surface area contributed by atoms with Crippen LogP contribution in [0.15, 0.2) is 41.0 Å². The van der Waals surface area contributed by atoms with Gasteiger partial charge in [0, 0.05) is 15.7 Å². The normalized spacial score (nSPS) is 16.1. The van der Waals surface area contributed by atoms with Crippen molar-refractivity contribution in [1.29, 1.82) is 0 Å². The summed E-state index contributed by atoms with van der Waals surface area (Å²) < 4.78 is 14.3. The van der Waals surface area contributed by atoms with E-state index in [1.165, 1.54) is 12.1 Å². The summed E-state index contributed by atoms with van der Waals surface area (Å²) in [6.07, 6.45) is 2.44. The lowest BCUT2D eigenvalue weighted by molar-refractivity contribution is 0.0988. The second kappa shape index (κ2) is 7.13. The zero-order valence-electron chi connectivity index (χ0n) is 15.8. The minimum atomic E-state index is -0.408. The largest absolute Gasteiger partial charge is 0.294 e. The van der Waals surface area contributed by atoms with Crippen molar-refractivity contribution in [2.45, 2.75) is 33.2 Å². The molecular weight excluding hydrogens is 423 g/mol. The quantitative estimate of drug-likeness (QED) is 0.620. The van der Waals surface area contributed by atoms with Crippen LogP contribution in [0.2, 0.25) is 0 Å². The molecular formula is C21H20BrFN4O. The molecule has 7 heteroatoms. The third-order valence-corrected chi connectivity index (χ3v) is 5.57. The molecule has 0 saturated heterocycles. The number of benzene rings is 1. The molecule has 1 unspecified atom stereocenters. The molecule has 1 aliphatic heterocycles. The highest BCUT2D eigenvalue weighted by atomic mass is 79.9. The van der Waals surface area contributed by atoms with Crippen LogP contribution >= 0.6 is 15.9 Å².